The van der Waals surface area contributed by atoms with Crippen molar-refractivity contribution in [3.8, 4) is 0 Å². The summed E-state index contributed by atoms with van der Waals surface area (Å²) in [5, 5.41) is -0.0700. The number of esters is 1. The fraction of sp³-hybridized carbons (Fsp3) is 0.857. The molecule has 0 spiro atoms. The van der Waals surface area contributed by atoms with Crippen LogP contribution in [0.3, 0.4) is 0 Å². The van der Waals surface area contributed by atoms with E-state index < -0.39 is 0 Å². The molecule has 0 saturated carbocycles. The number of methoxy groups -OCH3 is 1. The van der Waals surface area contributed by atoms with Crippen molar-refractivity contribution in [2.24, 2.45) is 0 Å². The Labute approximate surface area is 71.6 Å². The number of hydrogen-bond donors (Lipinski definition) is 0. The van der Waals surface area contributed by atoms with E-state index in [2.05, 4.69) is 4.74 Å². The highest BCUT2D eigenvalue weighted by Crippen LogP contribution is 2.01. The number of halogens is 1. The molecule has 11 heavy (non-hydrogen) atoms. The Kier molecular flexibility index (Phi) is 6.27. The average molecular weight is 181 g/mol. The minimum atomic E-state index is -0.272. The van der Waals surface area contributed by atoms with E-state index in [9.17, 15) is 4.79 Å². The summed E-state index contributed by atoms with van der Waals surface area (Å²) < 4.78 is 9.47. The molecule has 0 aromatic rings. The highest BCUT2D eigenvalue weighted by Gasteiger charge is 2.03. The number of alkyl halides is 1. The van der Waals surface area contributed by atoms with Crippen LogP contribution in [0.5, 0.6) is 0 Å². The van der Waals surface area contributed by atoms with Crippen molar-refractivity contribution >= 4 is 17.6 Å². The van der Waals surface area contributed by atoms with Crippen molar-refractivity contribution in [2.75, 3.05) is 20.3 Å². The fourth-order valence-corrected chi connectivity index (χ4v) is 0.810. The fourth-order valence-electron chi connectivity index (χ4n) is 0.595. The molecular formula is C7H13ClO3. The lowest BCUT2D eigenvalue weighted by molar-refractivity contribution is -0.141. The summed E-state index contributed by atoms with van der Waals surface area (Å²) in [6, 6.07) is 0. The van der Waals surface area contributed by atoms with Crippen molar-refractivity contribution in [3.05, 3.63) is 0 Å². The largest absolute Gasteiger partial charge is 0.466 e. The van der Waals surface area contributed by atoms with E-state index in [0.29, 0.717) is 19.6 Å². The molecule has 0 radical (unpaired) electrons. The van der Waals surface area contributed by atoms with Gasteiger partial charge in [0.2, 0.25) is 0 Å². The van der Waals surface area contributed by atoms with Crippen LogP contribution in [0, 0.1) is 0 Å². The predicted molar refractivity (Wildman–Crippen MR) is 42.8 cm³/mol. The van der Waals surface area contributed by atoms with Crippen molar-refractivity contribution < 1.29 is 14.3 Å². The smallest absolute Gasteiger partial charge is 0.302 e. The lowest BCUT2D eigenvalue weighted by Gasteiger charge is -2.06. The second kappa shape index (κ2) is 6.43. The maximum atomic E-state index is 10.3. The van der Waals surface area contributed by atoms with E-state index in [1.54, 1.807) is 7.11 Å². The van der Waals surface area contributed by atoms with E-state index in [4.69, 9.17) is 16.3 Å². The molecule has 0 aliphatic rings. The van der Waals surface area contributed by atoms with Gasteiger partial charge in [-0.05, 0) is 0 Å². The van der Waals surface area contributed by atoms with E-state index in [1.807, 2.05) is 0 Å². The van der Waals surface area contributed by atoms with Gasteiger partial charge >= 0.3 is 5.97 Å². The zero-order valence-corrected chi connectivity index (χ0v) is 7.56. The topological polar surface area (TPSA) is 35.5 Å². The van der Waals surface area contributed by atoms with Gasteiger partial charge in [0, 0.05) is 20.5 Å². The van der Waals surface area contributed by atoms with Gasteiger partial charge in [0.05, 0.1) is 18.6 Å². The van der Waals surface area contributed by atoms with Crippen molar-refractivity contribution in [2.45, 2.75) is 18.7 Å². The first-order chi connectivity index (χ1) is 5.16. The van der Waals surface area contributed by atoms with Crippen LogP contribution in [0.2, 0.25) is 0 Å². The van der Waals surface area contributed by atoms with Crippen LogP contribution in [-0.2, 0) is 14.3 Å². The summed E-state index contributed by atoms with van der Waals surface area (Å²) in [4.78, 5) is 10.3. The molecular weight excluding hydrogens is 168 g/mol. The van der Waals surface area contributed by atoms with Crippen LogP contribution in [0.15, 0.2) is 0 Å². The lowest BCUT2D eigenvalue weighted by atomic mass is 10.3. The Morgan fingerprint density at radius 3 is 2.73 bits per heavy atom. The molecule has 3 nitrogen and oxygen atoms in total. The van der Waals surface area contributed by atoms with Gasteiger partial charge in [-0.25, -0.2) is 0 Å². The molecule has 1 atom stereocenters. The Morgan fingerprint density at radius 1 is 1.64 bits per heavy atom. The van der Waals surface area contributed by atoms with Crippen molar-refractivity contribution in [1.29, 1.82) is 0 Å². The number of carbonyl (C=O) groups is 1. The number of hydrogen-bond acceptors (Lipinski definition) is 3. The molecule has 0 aromatic carbocycles. The SMILES string of the molecule is COCC(Cl)CCOC(C)=O. The van der Waals surface area contributed by atoms with E-state index in [1.165, 1.54) is 6.92 Å². The molecule has 4 heteroatoms. The third-order valence-electron chi connectivity index (χ3n) is 1.08. The number of rotatable bonds is 5. The van der Waals surface area contributed by atoms with Gasteiger partial charge in [-0.3, -0.25) is 4.79 Å². The molecule has 0 aromatic heterocycles. The van der Waals surface area contributed by atoms with Crippen LogP contribution in [-0.4, -0.2) is 31.7 Å². The van der Waals surface area contributed by atoms with Gasteiger partial charge in [-0.15, -0.1) is 11.6 Å². The Morgan fingerprint density at radius 2 is 2.27 bits per heavy atom. The standard InChI is InChI=1S/C7H13ClO3/c1-6(9)11-4-3-7(8)5-10-2/h7H,3-5H2,1-2H3. The molecule has 0 fully saturated rings. The van der Waals surface area contributed by atoms with Crippen LogP contribution >= 0.6 is 11.6 Å². The predicted octanol–water partition coefficient (Wildman–Crippen LogP) is 1.19. The summed E-state index contributed by atoms with van der Waals surface area (Å²) >= 11 is 5.75. The molecule has 66 valence electrons. The van der Waals surface area contributed by atoms with Gasteiger partial charge in [-0.2, -0.15) is 0 Å². The second-order valence-corrected chi connectivity index (χ2v) is 2.80. The minimum absolute atomic E-state index is 0.0700. The molecule has 0 rings (SSSR count). The number of ether oxygens (including phenoxy) is 2. The molecule has 1 unspecified atom stereocenters. The van der Waals surface area contributed by atoms with E-state index >= 15 is 0 Å². The van der Waals surface area contributed by atoms with Crippen molar-refractivity contribution in [3.63, 3.8) is 0 Å². The lowest BCUT2D eigenvalue weighted by Crippen LogP contribution is -2.12. The third-order valence-corrected chi connectivity index (χ3v) is 1.43. The highest BCUT2D eigenvalue weighted by molar-refractivity contribution is 6.20. The molecule has 0 aliphatic heterocycles. The van der Waals surface area contributed by atoms with Crippen LogP contribution in [0.4, 0.5) is 0 Å². The minimum Gasteiger partial charge on any atom is -0.466 e. The normalized spacial score (nSPS) is 12.6. The summed E-state index contributed by atoms with van der Waals surface area (Å²) in [5.74, 6) is -0.272. The second-order valence-electron chi connectivity index (χ2n) is 2.18. The summed E-state index contributed by atoms with van der Waals surface area (Å²) in [6.07, 6.45) is 0.634. The van der Waals surface area contributed by atoms with Gasteiger partial charge in [0.1, 0.15) is 0 Å². The van der Waals surface area contributed by atoms with Gasteiger partial charge < -0.3 is 9.47 Å². The molecule has 0 aliphatic carbocycles. The average Bonchev–Trinajstić information content (AvgIpc) is 1.87. The van der Waals surface area contributed by atoms with Gasteiger partial charge in [0.15, 0.2) is 0 Å². The van der Waals surface area contributed by atoms with Crippen LogP contribution in [0.25, 0.3) is 0 Å². The van der Waals surface area contributed by atoms with E-state index in [-0.39, 0.29) is 11.3 Å². The first-order valence-electron chi connectivity index (χ1n) is 3.43. The Hall–Kier alpha value is -0.280. The van der Waals surface area contributed by atoms with E-state index in [0.717, 1.165) is 0 Å². The third kappa shape index (κ3) is 7.62. The summed E-state index contributed by atoms with van der Waals surface area (Å²) in [5.41, 5.74) is 0. The van der Waals surface area contributed by atoms with Crippen LogP contribution in [0.1, 0.15) is 13.3 Å². The Bertz CT molecular complexity index is 116. The maximum Gasteiger partial charge on any atom is 0.302 e. The molecule has 0 bridgehead atoms. The Balaban J connectivity index is 3.16. The zero-order valence-electron chi connectivity index (χ0n) is 6.80. The van der Waals surface area contributed by atoms with Gasteiger partial charge in [-0.1, -0.05) is 0 Å². The zero-order chi connectivity index (χ0) is 8.69. The summed E-state index contributed by atoms with van der Waals surface area (Å²) in [6.45, 7) is 2.23. The molecule has 0 saturated heterocycles. The number of carbonyl (C=O) groups excluding carboxylic acids is 1. The van der Waals surface area contributed by atoms with Crippen LogP contribution < -0.4 is 0 Å². The maximum absolute atomic E-state index is 10.3. The molecule has 0 heterocycles. The van der Waals surface area contributed by atoms with Gasteiger partial charge in [0.25, 0.3) is 0 Å². The highest BCUT2D eigenvalue weighted by atomic mass is 35.5. The monoisotopic (exact) mass is 180 g/mol. The molecule has 0 amide bonds. The summed E-state index contributed by atoms with van der Waals surface area (Å²) in [7, 11) is 1.58. The first-order valence-corrected chi connectivity index (χ1v) is 3.86. The quantitative estimate of drug-likeness (QED) is 0.471. The van der Waals surface area contributed by atoms with Crippen molar-refractivity contribution in [1.82, 2.24) is 0 Å². The first kappa shape index (κ1) is 10.7. The molecule has 0 N–H and O–H groups in total.